The van der Waals surface area contributed by atoms with E-state index in [9.17, 15) is 8.42 Å². The molecule has 0 amide bonds. The summed E-state index contributed by atoms with van der Waals surface area (Å²) in [6.45, 7) is 4.93. The molecule has 0 saturated heterocycles. The predicted molar refractivity (Wildman–Crippen MR) is 69.0 cm³/mol. The van der Waals surface area contributed by atoms with Gasteiger partial charge in [0.05, 0.1) is 25.1 Å². The van der Waals surface area contributed by atoms with Crippen LogP contribution in [0.3, 0.4) is 0 Å². The van der Waals surface area contributed by atoms with Crippen molar-refractivity contribution in [2.45, 2.75) is 20.0 Å². The number of hydrogen-bond acceptors (Lipinski definition) is 4. The lowest BCUT2D eigenvalue weighted by Gasteiger charge is -2.21. The lowest BCUT2D eigenvalue weighted by Crippen LogP contribution is -2.38. The van der Waals surface area contributed by atoms with E-state index < -0.39 is 10.0 Å². The van der Waals surface area contributed by atoms with Crippen LogP contribution >= 0.6 is 11.6 Å². The average molecular weight is 288 g/mol. The van der Waals surface area contributed by atoms with Gasteiger partial charge in [0.25, 0.3) is 0 Å². The van der Waals surface area contributed by atoms with Crippen molar-refractivity contribution in [3.63, 3.8) is 0 Å². The molecule has 0 spiro atoms. The van der Waals surface area contributed by atoms with E-state index in [0.29, 0.717) is 19.7 Å². The molecule has 17 heavy (non-hydrogen) atoms. The molecular weight excluding hydrogens is 266 g/mol. The summed E-state index contributed by atoms with van der Waals surface area (Å²) < 4.78 is 35.3. The molecule has 0 aromatic carbocycles. The highest BCUT2D eigenvalue weighted by Crippen LogP contribution is 2.03. The molecule has 0 atom stereocenters. The lowest BCUT2D eigenvalue weighted by molar-refractivity contribution is 0.0905. The highest BCUT2D eigenvalue weighted by Gasteiger charge is 2.21. The largest absolute Gasteiger partial charge is 0.383 e. The molecule has 0 aromatic rings. The minimum absolute atomic E-state index is 0.0220. The maximum absolute atomic E-state index is 11.9. The first kappa shape index (κ1) is 17.1. The lowest BCUT2D eigenvalue weighted by atomic mass is 10.5. The Balaban J connectivity index is 4.28. The molecule has 0 aliphatic heterocycles. The van der Waals surface area contributed by atoms with Crippen molar-refractivity contribution >= 4 is 21.6 Å². The summed E-state index contributed by atoms with van der Waals surface area (Å²) in [7, 11) is -1.77. The first-order valence-corrected chi connectivity index (χ1v) is 7.72. The molecule has 0 heterocycles. The summed E-state index contributed by atoms with van der Waals surface area (Å²) >= 11 is 5.59. The van der Waals surface area contributed by atoms with E-state index >= 15 is 0 Å². The molecule has 104 valence electrons. The van der Waals surface area contributed by atoms with Crippen LogP contribution < -0.4 is 0 Å². The summed E-state index contributed by atoms with van der Waals surface area (Å²) in [4.78, 5) is 0. The number of methoxy groups -OCH3 is 1. The van der Waals surface area contributed by atoms with Crippen LogP contribution in [0.1, 0.15) is 13.8 Å². The summed E-state index contributed by atoms with van der Waals surface area (Å²) in [5.41, 5.74) is 0. The normalized spacial score (nSPS) is 12.6. The number of alkyl halides is 1. The monoisotopic (exact) mass is 287 g/mol. The highest BCUT2D eigenvalue weighted by atomic mass is 35.5. The van der Waals surface area contributed by atoms with Gasteiger partial charge in [-0.2, -0.15) is 4.31 Å². The van der Waals surface area contributed by atoms with E-state index in [1.54, 1.807) is 0 Å². The quantitative estimate of drug-likeness (QED) is 0.561. The van der Waals surface area contributed by atoms with E-state index in [1.165, 1.54) is 11.4 Å². The zero-order chi connectivity index (χ0) is 13.3. The van der Waals surface area contributed by atoms with Crippen LogP contribution in [0, 0.1) is 0 Å². The summed E-state index contributed by atoms with van der Waals surface area (Å²) in [5.74, 6) is 0.250. The predicted octanol–water partition coefficient (Wildman–Crippen LogP) is 0.928. The van der Waals surface area contributed by atoms with Gasteiger partial charge in [-0.1, -0.05) is 0 Å². The van der Waals surface area contributed by atoms with Crippen molar-refractivity contribution < 1.29 is 17.9 Å². The van der Waals surface area contributed by atoms with Gasteiger partial charge in [-0.3, -0.25) is 0 Å². The fourth-order valence-electron chi connectivity index (χ4n) is 1.20. The zero-order valence-electron chi connectivity index (χ0n) is 10.7. The molecular formula is C10H22ClNO4S. The van der Waals surface area contributed by atoms with Gasteiger partial charge in [0.2, 0.25) is 10.0 Å². The number of nitrogens with zero attached hydrogens (tertiary/aromatic N) is 1. The number of rotatable bonds is 10. The fourth-order valence-corrected chi connectivity index (χ4v) is 2.79. The van der Waals surface area contributed by atoms with Crippen LogP contribution in [0.5, 0.6) is 0 Å². The minimum atomic E-state index is -3.31. The maximum Gasteiger partial charge on any atom is 0.216 e. The van der Waals surface area contributed by atoms with Crippen molar-refractivity contribution in [1.29, 1.82) is 0 Å². The molecule has 7 heteroatoms. The van der Waals surface area contributed by atoms with Crippen molar-refractivity contribution in [1.82, 2.24) is 4.31 Å². The number of sulfonamides is 1. The van der Waals surface area contributed by atoms with E-state index in [-0.39, 0.29) is 24.3 Å². The van der Waals surface area contributed by atoms with Crippen LogP contribution in [0.25, 0.3) is 0 Å². The van der Waals surface area contributed by atoms with Crippen molar-refractivity contribution in [2.75, 3.05) is 45.0 Å². The number of ether oxygens (including phenoxy) is 2. The summed E-state index contributed by atoms with van der Waals surface area (Å²) in [6, 6.07) is 0. The summed E-state index contributed by atoms with van der Waals surface area (Å²) in [5, 5.41) is 0. The Labute approximate surface area is 109 Å². The van der Waals surface area contributed by atoms with E-state index in [2.05, 4.69) is 0 Å². The van der Waals surface area contributed by atoms with Gasteiger partial charge in [-0.25, -0.2) is 8.42 Å². The Bertz CT molecular complexity index is 282. The molecule has 5 nitrogen and oxygen atoms in total. The van der Waals surface area contributed by atoms with Gasteiger partial charge >= 0.3 is 0 Å². The van der Waals surface area contributed by atoms with Gasteiger partial charge in [-0.05, 0) is 13.8 Å². The second-order valence-electron chi connectivity index (χ2n) is 3.82. The Hall–Kier alpha value is 0.120. The first-order chi connectivity index (χ1) is 7.94. The van der Waals surface area contributed by atoms with Gasteiger partial charge in [0.1, 0.15) is 0 Å². The van der Waals surface area contributed by atoms with Crippen LogP contribution in [0.4, 0.5) is 0 Å². The van der Waals surface area contributed by atoms with Crippen LogP contribution in [-0.2, 0) is 19.5 Å². The SMILES string of the molecule is COCCN(CCCl)S(=O)(=O)CCOC(C)C. The van der Waals surface area contributed by atoms with Crippen molar-refractivity contribution in [2.24, 2.45) is 0 Å². The molecule has 0 aromatic heterocycles. The number of halogens is 1. The Kier molecular flexibility index (Phi) is 9.17. The van der Waals surface area contributed by atoms with Crippen LogP contribution in [-0.4, -0.2) is 63.9 Å². The first-order valence-electron chi connectivity index (χ1n) is 5.58. The molecule has 0 radical (unpaired) electrons. The molecule has 0 rings (SSSR count). The minimum Gasteiger partial charge on any atom is -0.383 e. The van der Waals surface area contributed by atoms with Gasteiger partial charge in [0, 0.05) is 26.1 Å². The highest BCUT2D eigenvalue weighted by molar-refractivity contribution is 7.89. The fraction of sp³-hybridized carbons (Fsp3) is 1.00. The third-order valence-electron chi connectivity index (χ3n) is 2.06. The molecule has 0 aliphatic rings. The standard InChI is InChI=1S/C10H22ClNO4S/c1-10(2)16-8-9-17(13,14)12(5-4-11)6-7-15-3/h10H,4-9H2,1-3H3. The maximum atomic E-state index is 11.9. The zero-order valence-corrected chi connectivity index (χ0v) is 12.3. The third kappa shape index (κ3) is 7.94. The molecule has 0 N–H and O–H groups in total. The molecule has 0 saturated carbocycles. The Morgan fingerprint density at radius 3 is 2.35 bits per heavy atom. The van der Waals surface area contributed by atoms with E-state index in [4.69, 9.17) is 21.1 Å². The second-order valence-corrected chi connectivity index (χ2v) is 6.28. The van der Waals surface area contributed by atoms with Gasteiger partial charge in [0.15, 0.2) is 0 Å². The molecule has 0 fully saturated rings. The smallest absolute Gasteiger partial charge is 0.216 e. The topological polar surface area (TPSA) is 55.8 Å². The average Bonchev–Trinajstić information content (AvgIpc) is 2.23. The van der Waals surface area contributed by atoms with E-state index in [1.807, 2.05) is 13.8 Å². The van der Waals surface area contributed by atoms with E-state index in [0.717, 1.165) is 0 Å². The Morgan fingerprint density at radius 2 is 1.88 bits per heavy atom. The summed E-state index contributed by atoms with van der Waals surface area (Å²) in [6.07, 6.45) is 0.0330. The molecule has 0 bridgehead atoms. The van der Waals surface area contributed by atoms with Crippen molar-refractivity contribution in [3.05, 3.63) is 0 Å². The number of hydrogen-bond donors (Lipinski definition) is 0. The van der Waals surface area contributed by atoms with Gasteiger partial charge in [-0.15, -0.1) is 11.6 Å². The third-order valence-corrected chi connectivity index (χ3v) is 4.07. The van der Waals surface area contributed by atoms with Crippen LogP contribution in [0.15, 0.2) is 0 Å². The Morgan fingerprint density at radius 1 is 1.24 bits per heavy atom. The second kappa shape index (κ2) is 9.10. The van der Waals surface area contributed by atoms with Crippen LogP contribution in [0.2, 0.25) is 0 Å². The molecule has 0 aliphatic carbocycles. The van der Waals surface area contributed by atoms with Gasteiger partial charge < -0.3 is 9.47 Å². The molecule has 0 unspecified atom stereocenters. The van der Waals surface area contributed by atoms with Crippen molar-refractivity contribution in [3.8, 4) is 0 Å².